The van der Waals surface area contributed by atoms with Crippen molar-refractivity contribution in [1.29, 1.82) is 0 Å². The molecule has 0 radical (unpaired) electrons. The van der Waals surface area contributed by atoms with Crippen molar-refractivity contribution in [2.45, 2.75) is 26.5 Å². The van der Waals surface area contributed by atoms with Crippen LogP contribution in [0.2, 0.25) is 0 Å². The molecule has 1 N–H and O–H groups in total. The summed E-state index contributed by atoms with van der Waals surface area (Å²) in [6, 6.07) is 7.30. The first-order valence-electron chi connectivity index (χ1n) is 7.46. The maximum absolute atomic E-state index is 12.1. The highest BCUT2D eigenvalue weighted by Gasteiger charge is 2.21. The molecule has 0 fully saturated rings. The summed E-state index contributed by atoms with van der Waals surface area (Å²) in [5.41, 5.74) is 1.72. The maximum Gasteiger partial charge on any atom is 0.349 e. The van der Waals surface area contributed by atoms with Crippen LogP contribution >= 0.6 is 11.3 Å². The van der Waals surface area contributed by atoms with E-state index in [-0.39, 0.29) is 12.7 Å². The molecular formula is C17H17NO5S. The summed E-state index contributed by atoms with van der Waals surface area (Å²) in [6.45, 7) is 3.91. The molecule has 1 aliphatic rings. The molecule has 0 aliphatic carbocycles. The minimum absolute atomic E-state index is 0.209. The smallest absolute Gasteiger partial charge is 0.349 e. The van der Waals surface area contributed by atoms with Gasteiger partial charge in [0.2, 0.25) is 6.79 Å². The minimum Gasteiger partial charge on any atom is -0.454 e. The van der Waals surface area contributed by atoms with Crippen molar-refractivity contribution in [2.75, 3.05) is 6.79 Å². The van der Waals surface area contributed by atoms with Crippen LogP contribution < -0.4 is 14.8 Å². The topological polar surface area (TPSA) is 73.9 Å². The highest BCUT2D eigenvalue weighted by atomic mass is 32.1. The molecule has 1 amide bonds. The third kappa shape index (κ3) is 3.51. The van der Waals surface area contributed by atoms with Gasteiger partial charge in [0, 0.05) is 6.54 Å². The lowest BCUT2D eigenvalue weighted by molar-refractivity contribution is -0.129. The standard InChI is InChI=1S/C17H17NO5S/c1-10-5-6-24-15(10)17(20)23-11(2)16(19)18-8-12-3-4-13-14(7-12)22-9-21-13/h3-7,11H,8-9H2,1-2H3,(H,18,19)/t11-/m0/s1. The van der Waals surface area contributed by atoms with Crippen LogP contribution in [0.15, 0.2) is 29.6 Å². The average molecular weight is 347 g/mol. The molecule has 1 aliphatic heterocycles. The number of ether oxygens (including phenoxy) is 3. The van der Waals surface area contributed by atoms with E-state index in [1.807, 2.05) is 30.5 Å². The third-order valence-corrected chi connectivity index (χ3v) is 4.60. The molecule has 1 aromatic carbocycles. The molecule has 1 atom stereocenters. The van der Waals surface area contributed by atoms with Gasteiger partial charge in [-0.2, -0.15) is 0 Å². The van der Waals surface area contributed by atoms with E-state index in [9.17, 15) is 9.59 Å². The predicted octanol–water partition coefficient (Wildman–Crippen LogP) is 2.65. The number of hydrogen-bond acceptors (Lipinski definition) is 6. The second-order valence-corrected chi connectivity index (χ2v) is 6.30. The number of fused-ring (bicyclic) bond motifs is 1. The van der Waals surface area contributed by atoms with Gasteiger partial charge in [0.05, 0.1) is 0 Å². The van der Waals surface area contributed by atoms with Crippen molar-refractivity contribution >= 4 is 23.2 Å². The molecule has 0 unspecified atom stereocenters. The summed E-state index contributed by atoms with van der Waals surface area (Å²) < 4.78 is 15.7. The van der Waals surface area contributed by atoms with Crippen molar-refractivity contribution < 1.29 is 23.8 Å². The molecule has 24 heavy (non-hydrogen) atoms. The fraction of sp³-hybridized carbons (Fsp3) is 0.294. The van der Waals surface area contributed by atoms with E-state index < -0.39 is 12.1 Å². The van der Waals surface area contributed by atoms with Crippen molar-refractivity contribution in [3.63, 3.8) is 0 Å². The number of carbonyl (C=O) groups excluding carboxylic acids is 2. The van der Waals surface area contributed by atoms with Crippen LogP contribution in [0.1, 0.15) is 27.7 Å². The van der Waals surface area contributed by atoms with Gasteiger partial charge in [-0.3, -0.25) is 4.79 Å². The quantitative estimate of drug-likeness (QED) is 0.842. The SMILES string of the molecule is Cc1ccsc1C(=O)O[C@@H](C)C(=O)NCc1ccc2c(c1)OCO2. The van der Waals surface area contributed by atoms with Gasteiger partial charge in [0.25, 0.3) is 5.91 Å². The second kappa shape index (κ2) is 6.92. The van der Waals surface area contributed by atoms with Crippen LogP contribution in [0.4, 0.5) is 0 Å². The summed E-state index contributed by atoms with van der Waals surface area (Å²) in [7, 11) is 0. The minimum atomic E-state index is -0.868. The van der Waals surface area contributed by atoms with Gasteiger partial charge < -0.3 is 19.5 Å². The van der Waals surface area contributed by atoms with Crippen LogP contribution in [0.25, 0.3) is 0 Å². The lowest BCUT2D eigenvalue weighted by Crippen LogP contribution is -2.35. The van der Waals surface area contributed by atoms with Gasteiger partial charge >= 0.3 is 5.97 Å². The van der Waals surface area contributed by atoms with Gasteiger partial charge in [-0.1, -0.05) is 6.07 Å². The maximum atomic E-state index is 12.1. The first kappa shape index (κ1) is 16.3. The monoisotopic (exact) mass is 347 g/mol. The van der Waals surface area contributed by atoms with E-state index >= 15 is 0 Å². The molecule has 0 saturated carbocycles. The van der Waals surface area contributed by atoms with E-state index in [4.69, 9.17) is 14.2 Å². The van der Waals surface area contributed by atoms with E-state index in [1.165, 1.54) is 11.3 Å². The van der Waals surface area contributed by atoms with Gasteiger partial charge in [-0.15, -0.1) is 11.3 Å². The second-order valence-electron chi connectivity index (χ2n) is 5.39. The average Bonchev–Trinajstić information content (AvgIpc) is 3.20. The molecule has 0 spiro atoms. The molecule has 0 bridgehead atoms. The Hall–Kier alpha value is -2.54. The van der Waals surface area contributed by atoms with Gasteiger partial charge in [-0.05, 0) is 48.6 Å². The number of esters is 1. The van der Waals surface area contributed by atoms with Crippen LogP contribution in [-0.2, 0) is 16.1 Å². The van der Waals surface area contributed by atoms with Crippen LogP contribution in [-0.4, -0.2) is 24.8 Å². The molecule has 2 heterocycles. The van der Waals surface area contributed by atoms with E-state index in [2.05, 4.69) is 5.32 Å². The van der Waals surface area contributed by atoms with Gasteiger partial charge in [-0.25, -0.2) is 4.79 Å². The lowest BCUT2D eigenvalue weighted by atomic mass is 10.2. The van der Waals surface area contributed by atoms with Gasteiger partial charge in [0.1, 0.15) is 4.88 Å². The summed E-state index contributed by atoms with van der Waals surface area (Å²) in [5.74, 6) is 0.525. The largest absolute Gasteiger partial charge is 0.454 e. The Morgan fingerprint density at radius 2 is 2.08 bits per heavy atom. The van der Waals surface area contributed by atoms with E-state index in [1.54, 1.807) is 13.0 Å². The Balaban J connectivity index is 1.53. The molecule has 1 aromatic heterocycles. The number of rotatable bonds is 5. The summed E-state index contributed by atoms with van der Waals surface area (Å²) >= 11 is 1.30. The zero-order valence-electron chi connectivity index (χ0n) is 13.3. The van der Waals surface area contributed by atoms with Crippen molar-refractivity contribution in [3.8, 4) is 11.5 Å². The number of nitrogens with one attached hydrogen (secondary N) is 1. The van der Waals surface area contributed by atoms with Gasteiger partial charge in [0.15, 0.2) is 17.6 Å². The predicted molar refractivity (Wildman–Crippen MR) is 88.3 cm³/mol. The van der Waals surface area contributed by atoms with Crippen LogP contribution in [0.3, 0.4) is 0 Å². The number of benzene rings is 1. The molecule has 6 nitrogen and oxygen atoms in total. The summed E-state index contributed by atoms with van der Waals surface area (Å²) in [5, 5.41) is 4.56. The Morgan fingerprint density at radius 1 is 1.29 bits per heavy atom. The Kier molecular flexibility index (Phi) is 4.71. The first-order chi connectivity index (χ1) is 11.5. The van der Waals surface area contributed by atoms with E-state index in [0.29, 0.717) is 22.9 Å². The number of aryl methyl sites for hydroxylation is 1. The number of hydrogen-bond donors (Lipinski definition) is 1. The van der Waals surface area contributed by atoms with Crippen molar-refractivity contribution in [3.05, 3.63) is 45.6 Å². The number of carbonyl (C=O) groups is 2. The molecule has 3 rings (SSSR count). The normalized spacial score (nSPS) is 13.4. The summed E-state index contributed by atoms with van der Waals surface area (Å²) in [6.07, 6.45) is -0.868. The zero-order valence-corrected chi connectivity index (χ0v) is 14.1. The first-order valence-corrected chi connectivity index (χ1v) is 8.34. The molecule has 126 valence electrons. The van der Waals surface area contributed by atoms with Crippen molar-refractivity contribution in [2.24, 2.45) is 0 Å². The molecule has 7 heteroatoms. The molecular weight excluding hydrogens is 330 g/mol. The zero-order chi connectivity index (χ0) is 17.1. The highest BCUT2D eigenvalue weighted by molar-refractivity contribution is 7.12. The Labute approximate surface area is 143 Å². The van der Waals surface area contributed by atoms with Crippen LogP contribution in [0.5, 0.6) is 11.5 Å². The fourth-order valence-corrected chi connectivity index (χ4v) is 3.04. The molecule has 2 aromatic rings. The Morgan fingerprint density at radius 3 is 2.83 bits per heavy atom. The number of thiophene rings is 1. The van der Waals surface area contributed by atoms with E-state index in [0.717, 1.165) is 11.1 Å². The fourth-order valence-electron chi connectivity index (χ4n) is 2.23. The highest BCUT2D eigenvalue weighted by Crippen LogP contribution is 2.32. The lowest BCUT2D eigenvalue weighted by Gasteiger charge is -2.13. The van der Waals surface area contributed by atoms with Crippen molar-refractivity contribution in [1.82, 2.24) is 5.32 Å². The third-order valence-electron chi connectivity index (χ3n) is 3.60. The van der Waals surface area contributed by atoms with Crippen LogP contribution in [0, 0.1) is 6.92 Å². The summed E-state index contributed by atoms with van der Waals surface area (Å²) in [4.78, 5) is 24.6. The Bertz CT molecular complexity index is 770. The molecule has 0 saturated heterocycles. The number of amides is 1.